The minimum atomic E-state index is 0. The maximum atomic E-state index is 5.71. The molecule has 0 saturated heterocycles. The molecule has 0 atom stereocenters. The van der Waals surface area contributed by atoms with E-state index < -0.39 is 0 Å². The van der Waals surface area contributed by atoms with Gasteiger partial charge in [-0.05, 0) is 12.1 Å². The molecule has 0 spiro atoms. The SMILES string of the molecule is Clc1ccccc1N(Cl)Cl.[NaH]. The molecule has 0 amide bonds. The van der Waals surface area contributed by atoms with Crippen LogP contribution >= 0.6 is 35.2 Å². The molecule has 11 heavy (non-hydrogen) atoms. The predicted octanol–water partition coefficient (Wildman–Crippen LogP) is 2.81. The van der Waals surface area contributed by atoms with Crippen molar-refractivity contribution in [3.05, 3.63) is 29.3 Å². The Morgan fingerprint density at radius 2 is 1.64 bits per heavy atom. The van der Waals surface area contributed by atoms with Crippen LogP contribution in [0.5, 0.6) is 0 Å². The van der Waals surface area contributed by atoms with E-state index in [0.29, 0.717) is 10.7 Å². The fourth-order valence-electron chi connectivity index (χ4n) is 0.589. The van der Waals surface area contributed by atoms with Gasteiger partial charge in [-0.3, -0.25) is 0 Å². The number of rotatable bonds is 1. The Hall–Kier alpha value is 0.890. The van der Waals surface area contributed by atoms with Gasteiger partial charge < -0.3 is 0 Å². The van der Waals surface area contributed by atoms with Crippen LogP contribution in [-0.2, 0) is 0 Å². The standard InChI is InChI=1S/C6H4Cl3N.Na.H/c7-5-3-1-2-4-6(5)10(8)9;;/h1-4H;;. The van der Waals surface area contributed by atoms with E-state index in [4.69, 9.17) is 35.2 Å². The molecule has 1 aromatic rings. The maximum absolute atomic E-state index is 5.71. The number of halogens is 3. The first-order valence-corrected chi connectivity index (χ1v) is 3.63. The van der Waals surface area contributed by atoms with E-state index in [2.05, 4.69) is 0 Å². The molecule has 1 aromatic carbocycles. The first kappa shape index (κ1) is 11.9. The molecule has 0 heterocycles. The van der Waals surface area contributed by atoms with E-state index in [1.54, 1.807) is 18.2 Å². The van der Waals surface area contributed by atoms with Crippen molar-refractivity contribution in [1.29, 1.82) is 0 Å². The number of hydrogen-bond donors (Lipinski definition) is 0. The third kappa shape index (κ3) is 3.41. The number of nitrogens with zero attached hydrogens (tertiary/aromatic N) is 1. The molecule has 0 radical (unpaired) electrons. The molecule has 0 bridgehead atoms. The van der Waals surface area contributed by atoms with Crippen molar-refractivity contribution in [1.82, 2.24) is 0 Å². The molecule has 0 N–H and O–H groups in total. The molecular formula is C6H5Cl3NNa. The van der Waals surface area contributed by atoms with Gasteiger partial charge in [-0.15, -0.1) is 0 Å². The second kappa shape index (κ2) is 5.52. The summed E-state index contributed by atoms with van der Waals surface area (Å²) in [6.45, 7) is 0. The van der Waals surface area contributed by atoms with Crippen LogP contribution in [0, 0.1) is 0 Å². The van der Waals surface area contributed by atoms with Gasteiger partial charge >= 0.3 is 29.6 Å². The van der Waals surface area contributed by atoms with Crippen LogP contribution in [0.25, 0.3) is 0 Å². The molecule has 0 aromatic heterocycles. The summed E-state index contributed by atoms with van der Waals surface area (Å²) in [5.74, 6) is 0. The summed E-state index contributed by atoms with van der Waals surface area (Å²) in [6, 6.07) is 7.05. The van der Waals surface area contributed by atoms with Crippen molar-refractivity contribution >= 4 is 70.4 Å². The van der Waals surface area contributed by atoms with Gasteiger partial charge in [0.05, 0.1) is 10.7 Å². The predicted molar refractivity (Wildman–Crippen MR) is 52.8 cm³/mol. The van der Waals surface area contributed by atoms with E-state index in [1.807, 2.05) is 6.07 Å². The average molecular weight is 220 g/mol. The summed E-state index contributed by atoms with van der Waals surface area (Å²) >= 11 is 16.6. The molecule has 1 nitrogen and oxygen atoms in total. The van der Waals surface area contributed by atoms with Crippen LogP contribution in [0.3, 0.4) is 0 Å². The molecule has 1 rings (SSSR count). The van der Waals surface area contributed by atoms with Crippen LogP contribution in [-0.4, -0.2) is 29.6 Å². The van der Waals surface area contributed by atoms with Crippen LogP contribution in [0.15, 0.2) is 24.3 Å². The topological polar surface area (TPSA) is 3.24 Å². The van der Waals surface area contributed by atoms with Crippen molar-refractivity contribution in [2.45, 2.75) is 0 Å². The summed E-state index contributed by atoms with van der Waals surface area (Å²) < 4.78 is 0.933. The fourth-order valence-corrected chi connectivity index (χ4v) is 1.19. The zero-order valence-corrected chi connectivity index (χ0v) is 7.16. The molecule has 56 valence electrons. The van der Waals surface area contributed by atoms with E-state index in [-0.39, 0.29) is 29.6 Å². The monoisotopic (exact) mass is 219 g/mol. The van der Waals surface area contributed by atoms with E-state index in [0.717, 1.165) is 3.94 Å². The average Bonchev–Trinajstić information content (AvgIpc) is 1.88. The van der Waals surface area contributed by atoms with Gasteiger partial charge in [0.2, 0.25) is 0 Å². The molecule has 0 unspecified atom stereocenters. The molecule has 0 aliphatic heterocycles. The quantitative estimate of drug-likeness (QED) is 0.520. The van der Waals surface area contributed by atoms with Crippen molar-refractivity contribution in [2.24, 2.45) is 0 Å². The van der Waals surface area contributed by atoms with E-state index in [1.165, 1.54) is 0 Å². The third-order valence-electron chi connectivity index (χ3n) is 1.03. The molecule has 0 aliphatic carbocycles. The number of hydrogen-bond acceptors (Lipinski definition) is 1. The van der Waals surface area contributed by atoms with Gasteiger partial charge in [0, 0.05) is 23.6 Å². The Morgan fingerprint density at radius 3 is 2.00 bits per heavy atom. The van der Waals surface area contributed by atoms with Gasteiger partial charge in [-0.1, -0.05) is 23.7 Å². The fraction of sp³-hybridized carbons (Fsp3) is 0. The van der Waals surface area contributed by atoms with Crippen LogP contribution in [0.1, 0.15) is 0 Å². The van der Waals surface area contributed by atoms with Gasteiger partial charge in [0.25, 0.3) is 0 Å². The Balaban J connectivity index is 0.000001000. The van der Waals surface area contributed by atoms with Crippen molar-refractivity contribution < 1.29 is 0 Å². The molecular weight excluding hydrogens is 215 g/mol. The van der Waals surface area contributed by atoms with Gasteiger partial charge in [-0.2, -0.15) is 3.94 Å². The van der Waals surface area contributed by atoms with Gasteiger partial charge in [-0.25, -0.2) is 0 Å². The van der Waals surface area contributed by atoms with Crippen LogP contribution < -0.4 is 3.94 Å². The van der Waals surface area contributed by atoms with Gasteiger partial charge in [0.15, 0.2) is 0 Å². The molecule has 0 fully saturated rings. The summed E-state index contributed by atoms with van der Waals surface area (Å²) in [5.41, 5.74) is 0.590. The zero-order valence-electron chi connectivity index (χ0n) is 4.89. The summed E-state index contributed by atoms with van der Waals surface area (Å²) in [5, 5.41) is 0.535. The summed E-state index contributed by atoms with van der Waals surface area (Å²) in [6.07, 6.45) is 0. The number of para-hydroxylation sites is 1. The van der Waals surface area contributed by atoms with E-state index >= 15 is 0 Å². The number of benzene rings is 1. The van der Waals surface area contributed by atoms with Crippen molar-refractivity contribution in [2.75, 3.05) is 3.94 Å². The Labute approximate surface area is 103 Å². The van der Waals surface area contributed by atoms with E-state index in [9.17, 15) is 0 Å². The molecule has 0 aliphatic rings. The minimum absolute atomic E-state index is 0. The second-order valence-electron chi connectivity index (χ2n) is 1.68. The van der Waals surface area contributed by atoms with Crippen LogP contribution in [0.4, 0.5) is 5.69 Å². The first-order chi connectivity index (χ1) is 4.72. The third-order valence-corrected chi connectivity index (χ3v) is 1.72. The zero-order chi connectivity index (χ0) is 7.56. The summed E-state index contributed by atoms with van der Waals surface area (Å²) in [4.78, 5) is 0. The number of anilines is 1. The van der Waals surface area contributed by atoms with Crippen molar-refractivity contribution in [3.63, 3.8) is 0 Å². The Kier molecular flexibility index (Phi) is 5.97. The molecule has 0 saturated carbocycles. The normalized spacial score (nSPS) is 8.64. The van der Waals surface area contributed by atoms with Crippen LogP contribution in [0.2, 0.25) is 5.02 Å². The Morgan fingerprint density at radius 1 is 1.09 bits per heavy atom. The summed E-state index contributed by atoms with van der Waals surface area (Å²) in [7, 11) is 0. The van der Waals surface area contributed by atoms with Gasteiger partial charge in [0.1, 0.15) is 0 Å². The first-order valence-electron chi connectivity index (χ1n) is 2.58. The molecule has 5 heteroatoms. The second-order valence-corrected chi connectivity index (χ2v) is 2.94. The Bertz CT molecular complexity index is 229. The van der Waals surface area contributed by atoms with Crippen molar-refractivity contribution in [3.8, 4) is 0 Å².